The molecule has 0 atom stereocenters. The molecule has 0 bridgehead atoms. The molecule has 2 aliphatic rings. The van der Waals surface area contributed by atoms with Crippen molar-refractivity contribution in [3.05, 3.63) is 53.6 Å². The number of urea groups is 1. The molecule has 2 aromatic rings. The molecule has 0 radical (unpaired) electrons. The average Bonchev–Trinajstić information content (AvgIpc) is 3.32. The predicted molar refractivity (Wildman–Crippen MR) is 121 cm³/mol. The van der Waals surface area contributed by atoms with Crippen LogP contribution in [0.25, 0.3) is 0 Å². The number of anilines is 1. The molecule has 2 aromatic carbocycles. The van der Waals surface area contributed by atoms with Gasteiger partial charge in [0.15, 0.2) is 5.75 Å². The number of hydrogen-bond donors (Lipinski definition) is 1. The van der Waals surface area contributed by atoms with Crippen molar-refractivity contribution in [3.63, 3.8) is 0 Å². The molecule has 0 spiro atoms. The number of carbonyl (C=O) groups is 2. The van der Waals surface area contributed by atoms with E-state index in [4.69, 9.17) is 16.3 Å². The van der Waals surface area contributed by atoms with Crippen LogP contribution in [-0.4, -0.2) is 72.5 Å². The maximum atomic E-state index is 12.8. The molecule has 0 unspecified atom stereocenters. The number of para-hydroxylation sites is 3. The highest BCUT2D eigenvalue weighted by Gasteiger charge is 2.25. The summed E-state index contributed by atoms with van der Waals surface area (Å²) in [6.45, 7) is 4.70. The molecule has 164 valence electrons. The molecule has 7 nitrogen and oxygen atoms in total. The van der Waals surface area contributed by atoms with E-state index in [1.54, 1.807) is 29.2 Å². The van der Waals surface area contributed by atoms with Gasteiger partial charge in [-0.3, -0.25) is 9.69 Å². The maximum absolute atomic E-state index is 12.8. The number of piperazine rings is 1. The first-order valence-corrected chi connectivity index (χ1v) is 11.1. The number of rotatable bonds is 5. The van der Waals surface area contributed by atoms with Crippen LogP contribution in [0.4, 0.5) is 10.5 Å². The molecule has 2 saturated heterocycles. The Hall–Kier alpha value is -2.77. The molecule has 2 fully saturated rings. The van der Waals surface area contributed by atoms with Crippen LogP contribution >= 0.6 is 11.6 Å². The van der Waals surface area contributed by atoms with E-state index in [-0.39, 0.29) is 11.9 Å². The zero-order valence-electron chi connectivity index (χ0n) is 17.4. The van der Waals surface area contributed by atoms with E-state index in [0.717, 1.165) is 25.9 Å². The number of ether oxygens (including phenoxy) is 1. The fourth-order valence-electron chi connectivity index (χ4n) is 3.87. The van der Waals surface area contributed by atoms with Crippen molar-refractivity contribution in [2.75, 3.05) is 51.1 Å². The Morgan fingerprint density at radius 2 is 1.48 bits per heavy atom. The van der Waals surface area contributed by atoms with Crippen molar-refractivity contribution in [2.45, 2.75) is 12.8 Å². The summed E-state index contributed by atoms with van der Waals surface area (Å²) in [7, 11) is 0. The molecule has 1 N–H and O–H groups in total. The van der Waals surface area contributed by atoms with Crippen LogP contribution in [0.15, 0.2) is 48.5 Å². The molecule has 0 saturated carbocycles. The summed E-state index contributed by atoms with van der Waals surface area (Å²) in [5.41, 5.74) is 0.582. The second kappa shape index (κ2) is 10.0. The number of benzene rings is 2. The molecule has 0 aromatic heterocycles. The van der Waals surface area contributed by atoms with E-state index >= 15 is 0 Å². The minimum atomic E-state index is -0.180. The highest BCUT2D eigenvalue weighted by Crippen LogP contribution is 2.33. The van der Waals surface area contributed by atoms with Crippen molar-refractivity contribution in [1.29, 1.82) is 0 Å². The number of amides is 3. The highest BCUT2D eigenvalue weighted by molar-refractivity contribution is 6.32. The maximum Gasteiger partial charge on any atom is 0.322 e. The summed E-state index contributed by atoms with van der Waals surface area (Å²) >= 11 is 6.19. The van der Waals surface area contributed by atoms with Gasteiger partial charge >= 0.3 is 6.03 Å². The van der Waals surface area contributed by atoms with Crippen LogP contribution in [0.3, 0.4) is 0 Å². The standard InChI is InChI=1S/C23H27ClN4O3/c24-18-7-1-3-9-20(18)31-21-10-4-2-8-19(21)25-23(30)28-15-13-26(14-16-28)17-22(29)27-11-5-6-12-27/h1-4,7-10H,5-6,11-17H2,(H,25,30). The van der Waals surface area contributed by atoms with Crippen LogP contribution in [0.1, 0.15) is 12.8 Å². The Bertz CT molecular complexity index is 925. The molecular formula is C23H27ClN4O3. The zero-order chi connectivity index (χ0) is 21.6. The minimum Gasteiger partial charge on any atom is -0.454 e. The summed E-state index contributed by atoms with van der Waals surface area (Å²) < 4.78 is 5.92. The van der Waals surface area contributed by atoms with Gasteiger partial charge in [-0.25, -0.2) is 4.79 Å². The van der Waals surface area contributed by atoms with Gasteiger partial charge in [0.05, 0.1) is 17.3 Å². The Kier molecular flexibility index (Phi) is 6.94. The lowest BCUT2D eigenvalue weighted by Crippen LogP contribution is -2.52. The molecular weight excluding hydrogens is 416 g/mol. The lowest BCUT2D eigenvalue weighted by Gasteiger charge is -2.35. The minimum absolute atomic E-state index is 0.180. The van der Waals surface area contributed by atoms with Gasteiger partial charge in [0.25, 0.3) is 0 Å². The molecule has 8 heteroatoms. The Labute approximate surface area is 187 Å². The number of hydrogen-bond acceptors (Lipinski definition) is 4. The fraction of sp³-hybridized carbons (Fsp3) is 0.391. The van der Waals surface area contributed by atoms with Crippen molar-refractivity contribution in [3.8, 4) is 11.5 Å². The van der Waals surface area contributed by atoms with Crippen LogP contribution in [-0.2, 0) is 4.79 Å². The summed E-state index contributed by atoms with van der Waals surface area (Å²) in [4.78, 5) is 31.0. The van der Waals surface area contributed by atoms with Crippen LogP contribution in [0.5, 0.6) is 11.5 Å². The molecule has 2 aliphatic heterocycles. The Morgan fingerprint density at radius 3 is 2.19 bits per heavy atom. The van der Waals surface area contributed by atoms with E-state index in [0.29, 0.717) is 54.9 Å². The summed E-state index contributed by atoms with van der Waals surface area (Å²) in [5.74, 6) is 1.25. The first-order chi connectivity index (χ1) is 15.1. The molecule has 2 heterocycles. The number of carbonyl (C=O) groups excluding carboxylic acids is 2. The van der Waals surface area contributed by atoms with E-state index in [1.165, 1.54) is 0 Å². The number of nitrogens with one attached hydrogen (secondary N) is 1. The normalized spacial score (nSPS) is 16.9. The van der Waals surface area contributed by atoms with Gasteiger partial charge in [0.2, 0.25) is 5.91 Å². The molecule has 31 heavy (non-hydrogen) atoms. The molecule has 3 amide bonds. The largest absolute Gasteiger partial charge is 0.454 e. The fourth-order valence-corrected chi connectivity index (χ4v) is 4.04. The van der Waals surface area contributed by atoms with Gasteiger partial charge in [0.1, 0.15) is 5.75 Å². The number of likely N-dealkylation sites (tertiary alicyclic amines) is 1. The summed E-state index contributed by atoms with van der Waals surface area (Å²) in [6.07, 6.45) is 2.20. The van der Waals surface area contributed by atoms with E-state index in [9.17, 15) is 9.59 Å². The third-order valence-corrected chi connectivity index (χ3v) is 5.97. The lowest BCUT2D eigenvalue weighted by molar-refractivity contribution is -0.131. The number of halogens is 1. The second-order valence-electron chi connectivity index (χ2n) is 7.81. The third-order valence-electron chi connectivity index (χ3n) is 5.66. The van der Waals surface area contributed by atoms with Crippen molar-refractivity contribution >= 4 is 29.2 Å². The molecule has 0 aliphatic carbocycles. The van der Waals surface area contributed by atoms with Gasteiger partial charge in [-0.05, 0) is 37.1 Å². The smallest absolute Gasteiger partial charge is 0.322 e. The SMILES string of the molecule is O=C(CN1CCN(C(=O)Nc2ccccc2Oc2ccccc2Cl)CC1)N1CCCC1. The Morgan fingerprint density at radius 1 is 0.839 bits per heavy atom. The first kappa shape index (κ1) is 21.5. The van der Waals surface area contributed by atoms with E-state index in [1.807, 2.05) is 29.2 Å². The third kappa shape index (κ3) is 5.48. The number of nitrogens with zero attached hydrogens (tertiary/aromatic N) is 3. The van der Waals surface area contributed by atoms with E-state index < -0.39 is 0 Å². The van der Waals surface area contributed by atoms with Gasteiger partial charge in [-0.15, -0.1) is 0 Å². The van der Waals surface area contributed by atoms with Gasteiger partial charge in [-0.2, -0.15) is 0 Å². The highest BCUT2D eigenvalue weighted by atomic mass is 35.5. The predicted octanol–water partition coefficient (Wildman–Crippen LogP) is 3.90. The second-order valence-corrected chi connectivity index (χ2v) is 8.22. The van der Waals surface area contributed by atoms with Gasteiger partial charge in [0, 0.05) is 39.3 Å². The average molecular weight is 443 g/mol. The van der Waals surface area contributed by atoms with Crippen LogP contribution in [0.2, 0.25) is 5.02 Å². The van der Waals surface area contributed by atoms with Crippen molar-refractivity contribution < 1.29 is 14.3 Å². The zero-order valence-corrected chi connectivity index (χ0v) is 18.2. The summed E-state index contributed by atoms with van der Waals surface area (Å²) in [5, 5.41) is 3.45. The quantitative estimate of drug-likeness (QED) is 0.762. The first-order valence-electron chi connectivity index (χ1n) is 10.7. The molecule has 4 rings (SSSR count). The summed E-state index contributed by atoms with van der Waals surface area (Å²) in [6, 6.07) is 14.3. The van der Waals surface area contributed by atoms with Crippen molar-refractivity contribution in [2.24, 2.45) is 0 Å². The topological polar surface area (TPSA) is 65.1 Å². The van der Waals surface area contributed by atoms with Crippen LogP contribution in [0, 0.1) is 0 Å². The van der Waals surface area contributed by atoms with Crippen LogP contribution < -0.4 is 10.1 Å². The van der Waals surface area contributed by atoms with Gasteiger partial charge in [-0.1, -0.05) is 35.9 Å². The monoisotopic (exact) mass is 442 g/mol. The van der Waals surface area contributed by atoms with Gasteiger partial charge < -0.3 is 19.9 Å². The lowest BCUT2D eigenvalue weighted by atomic mass is 10.2. The Balaban J connectivity index is 1.31. The van der Waals surface area contributed by atoms with E-state index in [2.05, 4.69) is 10.2 Å². The van der Waals surface area contributed by atoms with Crippen molar-refractivity contribution in [1.82, 2.24) is 14.7 Å².